The van der Waals surface area contributed by atoms with Crippen molar-refractivity contribution in [2.45, 2.75) is 13.5 Å². The number of H-pyrrole nitrogens is 1. The van der Waals surface area contributed by atoms with Crippen LogP contribution in [0.5, 0.6) is 0 Å². The van der Waals surface area contributed by atoms with Gasteiger partial charge in [-0.3, -0.25) is 19.3 Å². The summed E-state index contributed by atoms with van der Waals surface area (Å²) in [6, 6.07) is 13.1. The molecule has 0 spiro atoms. The van der Waals surface area contributed by atoms with Crippen molar-refractivity contribution >= 4 is 33.4 Å². The van der Waals surface area contributed by atoms with Crippen LogP contribution in [0.1, 0.15) is 11.4 Å². The van der Waals surface area contributed by atoms with Gasteiger partial charge in [0.1, 0.15) is 5.82 Å². The van der Waals surface area contributed by atoms with E-state index in [0.29, 0.717) is 27.4 Å². The predicted molar refractivity (Wildman–Crippen MR) is 114 cm³/mol. The minimum Gasteiger partial charge on any atom is -0.360 e. The first-order valence-electron chi connectivity index (χ1n) is 9.14. The van der Waals surface area contributed by atoms with Gasteiger partial charge in [0.25, 0.3) is 5.56 Å². The van der Waals surface area contributed by atoms with Crippen molar-refractivity contribution in [1.29, 1.82) is 0 Å². The summed E-state index contributed by atoms with van der Waals surface area (Å²) in [5, 5.41) is 2.04. The van der Waals surface area contributed by atoms with Crippen LogP contribution in [0.3, 0.4) is 0 Å². The lowest BCUT2D eigenvalue weighted by Crippen LogP contribution is -2.24. The number of hydrogen-bond acceptors (Lipinski definition) is 4. The Bertz CT molecular complexity index is 1420. The van der Waals surface area contributed by atoms with E-state index in [-0.39, 0.29) is 12.1 Å². The molecule has 5 aromatic rings. The summed E-state index contributed by atoms with van der Waals surface area (Å²) < 4.78 is 1.64. The summed E-state index contributed by atoms with van der Waals surface area (Å²) in [4.78, 5) is 30.2. The number of nitrogens with zero attached hydrogens (tertiary/aromatic N) is 4. The van der Waals surface area contributed by atoms with E-state index in [1.165, 1.54) is 0 Å². The van der Waals surface area contributed by atoms with Crippen LogP contribution < -0.4 is 5.56 Å². The molecule has 142 valence electrons. The van der Waals surface area contributed by atoms with E-state index in [4.69, 9.17) is 16.6 Å². The van der Waals surface area contributed by atoms with Crippen LogP contribution in [-0.4, -0.2) is 24.5 Å². The van der Waals surface area contributed by atoms with Crippen molar-refractivity contribution in [2.75, 3.05) is 0 Å². The second-order valence-electron chi connectivity index (χ2n) is 6.89. The lowest BCUT2D eigenvalue weighted by Gasteiger charge is -2.13. The van der Waals surface area contributed by atoms with Gasteiger partial charge >= 0.3 is 0 Å². The first-order chi connectivity index (χ1) is 14.1. The number of rotatable bonds is 3. The zero-order valence-electron chi connectivity index (χ0n) is 15.6. The molecular weight excluding hydrogens is 386 g/mol. The van der Waals surface area contributed by atoms with E-state index in [9.17, 15) is 4.79 Å². The largest absolute Gasteiger partial charge is 0.360 e. The molecule has 0 aliphatic rings. The van der Waals surface area contributed by atoms with Gasteiger partial charge in [-0.25, -0.2) is 4.98 Å². The molecule has 0 atom stereocenters. The molecule has 5 rings (SSSR count). The van der Waals surface area contributed by atoms with E-state index < -0.39 is 0 Å². The fraction of sp³-hybridized carbons (Fsp3) is 0.0909. The van der Waals surface area contributed by atoms with Crippen molar-refractivity contribution in [3.8, 4) is 11.4 Å². The number of fused-ring (bicyclic) bond motifs is 2. The molecule has 3 aromatic heterocycles. The molecule has 0 saturated carbocycles. The van der Waals surface area contributed by atoms with Crippen molar-refractivity contribution in [3.05, 3.63) is 87.8 Å². The molecule has 7 heteroatoms. The van der Waals surface area contributed by atoms with Gasteiger partial charge in [-0.15, -0.1) is 0 Å². The van der Waals surface area contributed by atoms with Gasteiger partial charge in [0.2, 0.25) is 0 Å². The third kappa shape index (κ3) is 3.07. The maximum Gasteiger partial charge on any atom is 0.262 e. The molecule has 0 fully saturated rings. The Balaban J connectivity index is 1.80. The highest BCUT2D eigenvalue weighted by molar-refractivity contribution is 6.31. The van der Waals surface area contributed by atoms with Crippen molar-refractivity contribution in [1.82, 2.24) is 24.5 Å². The molecule has 0 aliphatic heterocycles. The number of aryl methyl sites for hydroxylation is 1. The van der Waals surface area contributed by atoms with E-state index >= 15 is 0 Å². The predicted octanol–water partition coefficient (Wildman–Crippen LogP) is 4.34. The number of hydrogen-bond donors (Lipinski definition) is 1. The van der Waals surface area contributed by atoms with Crippen LogP contribution in [0.4, 0.5) is 0 Å². The molecule has 3 heterocycles. The summed E-state index contributed by atoms with van der Waals surface area (Å²) in [5.74, 6) is 0.560. The number of aromatic nitrogens is 5. The summed E-state index contributed by atoms with van der Waals surface area (Å²) in [7, 11) is 0. The fourth-order valence-corrected chi connectivity index (χ4v) is 3.63. The Morgan fingerprint density at radius 1 is 1.07 bits per heavy atom. The van der Waals surface area contributed by atoms with E-state index in [1.807, 2.05) is 37.4 Å². The number of aromatic amines is 1. The molecule has 0 amide bonds. The highest BCUT2D eigenvalue weighted by Crippen LogP contribution is 2.28. The van der Waals surface area contributed by atoms with Crippen LogP contribution >= 0.6 is 11.6 Å². The van der Waals surface area contributed by atoms with Gasteiger partial charge in [0, 0.05) is 33.9 Å². The zero-order valence-corrected chi connectivity index (χ0v) is 16.3. The second-order valence-corrected chi connectivity index (χ2v) is 7.32. The highest BCUT2D eigenvalue weighted by atomic mass is 35.5. The van der Waals surface area contributed by atoms with Crippen LogP contribution in [0.2, 0.25) is 5.02 Å². The van der Waals surface area contributed by atoms with Gasteiger partial charge in [0.15, 0.2) is 0 Å². The maximum absolute atomic E-state index is 13.4. The number of halogens is 1. The lowest BCUT2D eigenvalue weighted by atomic mass is 10.1. The number of nitrogens with one attached hydrogen (secondary N) is 1. The minimum absolute atomic E-state index is 0.144. The number of para-hydroxylation sites is 1. The average molecular weight is 402 g/mol. The van der Waals surface area contributed by atoms with Crippen LogP contribution in [0.25, 0.3) is 33.2 Å². The van der Waals surface area contributed by atoms with Gasteiger partial charge < -0.3 is 4.98 Å². The first-order valence-corrected chi connectivity index (χ1v) is 9.52. The summed E-state index contributed by atoms with van der Waals surface area (Å²) in [5.41, 5.74) is 3.76. The van der Waals surface area contributed by atoms with Gasteiger partial charge in [-0.1, -0.05) is 29.8 Å². The van der Waals surface area contributed by atoms with Crippen LogP contribution in [-0.2, 0) is 6.54 Å². The van der Waals surface area contributed by atoms with Gasteiger partial charge in [-0.05, 0) is 31.2 Å². The smallest absolute Gasteiger partial charge is 0.262 e. The Hall–Kier alpha value is -3.51. The van der Waals surface area contributed by atoms with Crippen LogP contribution in [0.15, 0.2) is 65.8 Å². The normalized spacial score (nSPS) is 11.4. The summed E-state index contributed by atoms with van der Waals surface area (Å²) in [6.07, 6.45) is 5.26. The Labute approximate surface area is 170 Å². The molecule has 0 radical (unpaired) electrons. The maximum atomic E-state index is 13.4. The molecule has 6 nitrogen and oxygen atoms in total. The topological polar surface area (TPSA) is 76.5 Å². The molecule has 0 aliphatic carbocycles. The highest BCUT2D eigenvalue weighted by Gasteiger charge is 2.17. The SMILES string of the molecule is Cc1cnc(Cn2c(-c3c[nH]c4ccccc34)nc3cc(Cl)ccc3c2=O)cn1. The molecule has 0 unspecified atom stereocenters. The van der Waals surface area contributed by atoms with Crippen molar-refractivity contribution in [2.24, 2.45) is 0 Å². The monoisotopic (exact) mass is 401 g/mol. The third-order valence-electron chi connectivity index (χ3n) is 4.90. The van der Waals surface area contributed by atoms with Crippen molar-refractivity contribution in [3.63, 3.8) is 0 Å². The number of benzene rings is 2. The van der Waals surface area contributed by atoms with E-state index in [0.717, 1.165) is 22.2 Å². The van der Waals surface area contributed by atoms with Gasteiger partial charge in [0.05, 0.1) is 35.0 Å². The standard InChI is InChI=1S/C22H16ClN5O/c1-13-9-25-15(10-24-13)12-28-21(18-11-26-19-5-3-2-4-16(18)19)27-20-8-14(23)6-7-17(20)22(28)29/h2-11,26H,12H2,1H3. The molecule has 0 bridgehead atoms. The Morgan fingerprint density at radius 3 is 2.76 bits per heavy atom. The first kappa shape index (κ1) is 17.6. The zero-order chi connectivity index (χ0) is 20.0. The molecule has 0 saturated heterocycles. The molecule has 1 N–H and O–H groups in total. The van der Waals surface area contributed by atoms with Gasteiger partial charge in [-0.2, -0.15) is 0 Å². The lowest BCUT2D eigenvalue weighted by molar-refractivity contribution is 0.734. The third-order valence-corrected chi connectivity index (χ3v) is 5.14. The fourth-order valence-electron chi connectivity index (χ4n) is 3.47. The Kier molecular flexibility index (Phi) is 4.14. The quantitative estimate of drug-likeness (QED) is 0.487. The molecule has 2 aromatic carbocycles. The average Bonchev–Trinajstić information content (AvgIpc) is 3.15. The summed E-state index contributed by atoms with van der Waals surface area (Å²) >= 11 is 6.15. The van der Waals surface area contributed by atoms with Crippen LogP contribution in [0, 0.1) is 6.92 Å². The van der Waals surface area contributed by atoms with E-state index in [2.05, 4.69) is 15.0 Å². The molecular formula is C22H16ClN5O. The Morgan fingerprint density at radius 2 is 1.93 bits per heavy atom. The minimum atomic E-state index is -0.144. The second kappa shape index (κ2) is 6.83. The van der Waals surface area contributed by atoms with Crippen molar-refractivity contribution < 1.29 is 0 Å². The summed E-state index contributed by atoms with van der Waals surface area (Å²) in [6.45, 7) is 2.15. The molecule has 29 heavy (non-hydrogen) atoms. The van der Waals surface area contributed by atoms with E-state index in [1.54, 1.807) is 35.2 Å².